The summed E-state index contributed by atoms with van der Waals surface area (Å²) in [7, 11) is 0. The zero-order chi connectivity index (χ0) is 29.0. The molecule has 200 valence electrons. The molecule has 0 saturated carbocycles. The summed E-state index contributed by atoms with van der Waals surface area (Å²) in [6, 6.07) is 20.1. The van der Waals surface area contributed by atoms with Gasteiger partial charge in [-0.05, 0) is 60.7 Å². The number of anilines is 2. The number of aromatic carboxylic acids is 2. The van der Waals surface area contributed by atoms with Gasteiger partial charge in [0.05, 0.1) is 44.8 Å². The van der Waals surface area contributed by atoms with Crippen LogP contribution in [0, 0.1) is 0 Å². The molecule has 0 fully saturated rings. The molecule has 4 amide bonds. The number of carboxylic acid groups (broad SMARTS) is 2. The molecule has 0 radical (unpaired) electrons. The molecular formula is C30H16N2O9. The Hall–Kier alpha value is -6.10. The van der Waals surface area contributed by atoms with Crippen LogP contribution in [-0.2, 0) is 0 Å². The zero-order valence-corrected chi connectivity index (χ0v) is 20.7. The topological polar surface area (TPSA) is 159 Å². The predicted molar refractivity (Wildman–Crippen MR) is 142 cm³/mol. The highest BCUT2D eigenvalue weighted by atomic mass is 16.5. The largest absolute Gasteiger partial charge is 0.478 e. The molecule has 0 unspecified atom stereocenters. The molecule has 2 aliphatic rings. The second-order valence-corrected chi connectivity index (χ2v) is 9.05. The van der Waals surface area contributed by atoms with Crippen molar-refractivity contribution in [2.75, 3.05) is 9.80 Å². The summed E-state index contributed by atoms with van der Waals surface area (Å²) in [4.78, 5) is 76.8. The van der Waals surface area contributed by atoms with Gasteiger partial charge in [-0.25, -0.2) is 19.4 Å². The summed E-state index contributed by atoms with van der Waals surface area (Å²) in [5.74, 6) is -4.94. The number of carbonyl (C=O) groups is 6. The van der Waals surface area contributed by atoms with Crippen LogP contribution in [0.25, 0.3) is 0 Å². The average Bonchev–Trinajstić information content (AvgIpc) is 3.37. The van der Waals surface area contributed by atoms with Crippen LogP contribution in [0.2, 0.25) is 0 Å². The van der Waals surface area contributed by atoms with E-state index < -0.39 is 35.6 Å². The smallest absolute Gasteiger partial charge is 0.336 e. The molecule has 0 aromatic heterocycles. The lowest BCUT2D eigenvalue weighted by molar-refractivity contribution is 0.0683. The van der Waals surface area contributed by atoms with E-state index in [1.54, 1.807) is 12.1 Å². The fourth-order valence-corrected chi connectivity index (χ4v) is 4.88. The van der Waals surface area contributed by atoms with Crippen molar-refractivity contribution < 1.29 is 43.7 Å². The van der Waals surface area contributed by atoms with Crippen LogP contribution < -0.4 is 14.5 Å². The predicted octanol–water partition coefficient (Wildman–Crippen LogP) is 4.48. The summed E-state index contributed by atoms with van der Waals surface area (Å²) in [5.41, 5.74) is -0.540. The molecule has 11 heteroatoms. The maximum absolute atomic E-state index is 13.1. The third-order valence-electron chi connectivity index (χ3n) is 6.70. The molecule has 0 bridgehead atoms. The zero-order valence-electron chi connectivity index (χ0n) is 20.7. The fraction of sp³-hybridized carbons (Fsp3) is 0. The van der Waals surface area contributed by atoms with Crippen molar-refractivity contribution in [3.63, 3.8) is 0 Å². The fourth-order valence-electron chi connectivity index (χ4n) is 4.88. The van der Waals surface area contributed by atoms with E-state index >= 15 is 0 Å². The minimum absolute atomic E-state index is 0.00400. The average molecular weight is 548 g/mol. The summed E-state index contributed by atoms with van der Waals surface area (Å²) in [6.45, 7) is 0. The van der Waals surface area contributed by atoms with Gasteiger partial charge in [-0.3, -0.25) is 19.2 Å². The van der Waals surface area contributed by atoms with E-state index in [0.29, 0.717) is 5.75 Å². The van der Waals surface area contributed by atoms with Crippen LogP contribution in [0.1, 0.15) is 62.1 Å². The lowest BCUT2D eigenvalue weighted by atomic mass is 10.0. The number of carboxylic acids is 2. The van der Waals surface area contributed by atoms with E-state index in [-0.39, 0.29) is 50.5 Å². The quantitative estimate of drug-likeness (QED) is 0.331. The maximum atomic E-state index is 13.1. The van der Waals surface area contributed by atoms with Crippen molar-refractivity contribution in [1.82, 2.24) is 0 Å². The number of carbonyl (C=O) groups excluding carboxylic acids is 4. The SMILES string of the molecule is O=C(O)c1cccc2c1C(=O)N(c1ccc(Oc3cccc(N4C(=O)c5cccc(C(=O)O)c5C4=O)c3)cc1)C2=O. The normalized spacial score (nSPS) is 13.9. The number of nitrogens with zero attached hydrogens (tertiary/aromatic N) is 2. The molecule has 2 N–H and O–H groups in total. The number of benzene rings is 4. The summed E-state index contributed by atoms with van der Waals surface area (Å²) in [6.07, 6.45) is 0. The van der Waals surface area contributed by atoms with Gasteiger partial charge in [0.15, 0.2) is 0 Å². The molecule has 11 nitrogen and oxygen atoms in total. The Labute approximate surface area is 230 Å². The van der Waals surface area contributed by atoms with E-state index in [4.69, 9.17) is 4.74 Å². The second kappa shape index (κ2) is 9.27. The second-order valence-electron chi connectivity index (χ2n) is 9.05. The Morgan fingerprint density at radius 3 is 1.54 bits per heavy atom. The number of imide groups is 2. The number of hydrogen-bond donors (Lipinski definition) is 2. The molecule has 0 aliphatic carbocycles. The van der Waals surface area contributed by atoms with Gasteiger partial charge in [-0.1, -0.05) is 18.2 Å². The molecule has 2 heterocycles. The molecule has 4 aromatic carbocycles. The van der Waals surface area contributed by atoms with Crippen LogP contribution in [-0.4, -0.2) is 45.8 Å². The van der Waals surface area contributed by atoms with Gasteiger partial charge in [-0.15, -0.1) is 0 Å². The molecule has 0 atom stereocenters. The standard InChI is InChI=1S/C30H16N2O9/c33-25-19-6-2-8-21(29(37)38)23(19)27(35)31(25)15-10-12-17(13-11-15)41-18-5-1-4-16(14-18)32-26(34)20-7-3-9-22(30(39)40)24(20)28(32)36/h1-14H,(H,37,38)(H,39,40). The Morgan fingerprint density at radius 2 is 1.02 bits per heavy atom. The first kappa shape index (κ1) is 25.2. The summed E-state index contributed by atoms with van der Waals surface area (Å²) in [5, 5.41) is 18.9. The summed E-state index contributed by atoms with van der Waals surface area (Å²) < 4.78 is 5.86. The van der Waals surface area contributed by atoms with E-state index in [9.17, 15) is 39.0 Å². The van der Waals surface area contributed by atoms with Crippen molar-refractivity contribution in [3.05, 3.63) is 118 Å². The highest BCUT2D eigenvalue weighted by molar-refractivity contribution is 6.37. The summed E-state index contributed by atoms with van der Waals surface area (Å²) >= 11 is 0. The van der Waals surface area contributed by atoms with Crippen LogP contribution in [0.15, 0.2) is 84.9 Å². The molecule has 41 heavy (non-hydrogen) atoms. The first-order valence-corrected chi connectivity index (χ1v) is 12.1. The minimum Gasteiger partial charge on any atom is -0.478 e. The number of hydrogen-bond acceptors (Lipinski definition) is 7. The third-order valence-corrected chi connectivity index (χ3v) is 6.70. The van der Waals surface area contributed by atoms with E-state index in [0.717, 1.165) is 9.80 Å². The molecule has 6 rings (SSSR count). The van der Waals surface area contributed by atoms with Crippen molar-refractivity contribution in [2.24, 2.45) is 0 Å². The first-order chi connectivity index (χ1) is 19.7. The molecule has 0 spiro atoms. The van der Waals surface area contributed by atoms with Gasteiger partial charge in [0.25, 0.3) is 23.6 Å². The number of fused-ring (bicyclic) bond motifs is 2. The van der Waals surface area contributed by atoms with Crippen LogP contribution in [0.5, 0.6) is 11.5 Å². The first-order valence-electron chi connectivity index (χ1n) is 12.1. The van der Waals surface area contributed by atoms with Crippen LogP contribution >= 0.6 is 0 Å². The molecule has 2 aliphatic heterocycles. The number of amides is 4. The minimum atomic E-state index is -1.33. The highest BCUT2D eigenvalue weighted by Gasteiger charge is 2.41. The van der Waals surface area contributed by atoms with Gasteiger partial charge in [0, 0.05) is 6.07 Å². The number of rotatable bonds is 6. The number of ether oxygens (including phenoxy) is 1. The van der Waals surface area contributed by atoms with E-state index in [1.165, 1.54) is 72.8 Å². The van der Waals surface area contributed by atoms with Crippen molar-refractivity contribution in [2.45, 2.75) is 0 Å². The van der Waals surface area contributed by atoms with Crippen molar-refractivity contribution >= 4 is 46.9 Å². The van der Waals surface area contributed by atoms with E-state index in [2.05, 4.69) is 0 Å². The Bertz CT molecular complexity index is 1860. The Morgan fingerprint density at radius 1 is 0.537 bits per heavy atom. The monoisotopic (exact) mass is 548 g/mol. The van der Waals surface area contributed by atoms with E-state index in [1.807, 2.05) is 0 Å². The Balaban J connectivity index is 1.24. The van der Waals surface area contributed by atoms with Crippen molar-refractivity contribution in [1.29, 1.82) is 0 Å². The van der Waals surface area contributed by atoms with Gasteiger partial charge in [0.2, 0.25) is 0 Å². The third kappa shape index (κ3) is 3.91. The van der Waals surface area contributed by atoms with Gasteiger partial charge < -0.3 is 14.9 Å². The maximum Gasteiger partial charge on any atom is 0.336 e. The molecular weight excluding hydrogens is 532 g/mol. The van der Waals surface area contributed by atoms with Crippen LogP contribution in [0.3, 0.4) is 0 Å². The van der Waals surface area contributed by atoms with Gasteiger partial charge in [0.1, 0.15) is 11.5 Å². The Kier molecular flexibility index (Phi) is 5.70. The molecule has 0 saturated heterocycles. The van der Waals surface area contributed by atoms with Gasteiger partial charge in [-0.2, -0.15) is 0 Å². The lowest BCUT2D eigenvalue weighted by Gasteiger charge is -2.16. The highest BCUT2D eigenvalue weighted by Crippen LogP contribution is 2.35. The lowest BCUT2D eigenvalue weighted by Crippen LogP contribution is -2.29. The van der Waals surface area contributed by atoms with Crippen LogP contribution in [0.4, 0.5) is 11.4 Å². The molecule has 4 aromatic rings. The van der Waals surface area contributed by atoms with Gasteiger partial charge >= 0.3 is 11.9 Å². The van der Waals surface area contributed by atoms with Crippen molar-refractivity contribution in [3.8, 4) is 11.5 Å².